The molecule has 0 radical (unpaired) electrons. The van der Waals surface area contributed by atoms with Gasteiger partial charge in [0.25, 0.3) is 0 Å². The molecule has 0 amide bonds. The fraction of sp³-hybridized carbons (Fsp3) is 0.400. The summed E-state index contributed by atoms with van der Waals surface area (Å²) in [4.78, 5) is 0. The number of phenolic OH excluding ortho intramolecular Hbond substituents is 1. The van der Waals surface area contributed by atoms with Crippen LogP contribution in [0.1, 0.15) is 56.1 Å². The third-order valence-corrected chi connectivity index (χ3v) is 4.72. The Morgan fingerprint density at radius 1 is 0.913 bits per heavy atom. The van der Waals surface area contributed by atoms with Gasteiger partial charge in [0.15, 0.2) is 0 Å². The van der Waals surface area contributed by atoms with Crippen molar-refractivity contribution < 1.29 is 10.2 Å². The first-order chi connectivity index (χ1) is 11.0. The van der Waals surface area contributed by atoms with E-state index >= 15 is 0 Å². The minimum atomic E-state index is -0.289. The lowest BCUT2D eigenvalue weighted by Gasteiger charge is -2.24. The van der Waals surface area contributed by atoms with E-state index in [1.807, 2.05) is 31.2 Å². The van der Waals surface area contributed by atoms with Crippen LogP contribution in [0, 0.1) is 0 Å². The summed E-state index contributed by atoms with van der Waals surface area (Å²) >= 11 is 5.99. The number of hydrogen-bond acceptors (Lipinski definition) is 2. The molecule has 0 heterocycles. The highest BCUT2D eigenvalue weighted by atomic mass is 35.5. The van der Waals surface area contributed by atoms with Crippen molar-refractivity contribution in [2.24, 2.45) is 0 Å². The Morgan fingerprint density at radius 3 is 2.04 bits per heavy atom. The molecule has 2 nitrogen and oxygen atoms in total. The molecule has 2 rings (SSSR count). The highest BCUT2D eigenvalue weighted by Crippen LogP contribution is 2.34. The molecule has 2 N–H and O–H groups in total. The predicted molar refractivity (Wildman–Crippen MR) is 96.2 cm³/mol. The molecular formula is C20H25ClO2. The molecule has 0 fully saturated rings. The van der Waals surface area contributed by atoms with Crippen molar-refractivity contribution in [3.05, 3.63) is 64.7 Å². The summed E-state index contributed by atoms with van der Waals surface area (Å²) in [6, 6.07) is 15.3. The van der Waals surface area contributed by atoms with Crippen LogP contribution in [-0.4, -0.2) is 16.3 Å². The number of rotatable bonds is 7. The first-order valence-electron chi connectivity index (χ1n) is 8.22. The maximum absolute atomic E-state index is 10.1. The number of hydrogen-bond donors (Lipinski definition) is 2. The molecule has 2 aromatic rings. The van der Waals surface area contributed by atoms with Crippen molar-refractivity contribution in [1.82, 2.24) is 0 Å². The third kappa shape index (κ3) is 5.26. The molecule has 0 aliphatic rings. The van der Waals surface area contributed by atoms with Gasteiger partial charge in [-0.25, -0.2) is 0 Å². The molecule has 0 aliphatic heterocycles. The van der Waals surface area contributed by atoms with Crippen molar-refractivity contribution in [2.45, 2.75) is 51.0 Å². The van der Waals surface area contributed by atoms with Gasteiger partial charge >= 0.3 is 0 Å². The van der Waals surface area contributed by atoms with Crippen LogP contribution in [0.3, 0.4) is 0 Å². The molecule has 0 saturated carbocycles. The van der Waals surface area contributed by atoms with E-state index in [0.717, 1.165) is 24.3 Å². The van der Waals surface area contributed by atoms with Crippen molar-refractivity contribution in [3.8, 4) is 5.75 Å². The Balaban J connectivity index is 2.16. The zero-order valence-corrected chi connectivity index (χ0v) is 14.5. The summed E-state index contributed by atoms with van der Waals surface area (Å²) in [5.41, 5.74) is 2.42. The van der Waals surface area contributed by atoms with Crippen LogP contribution in [0.5, 0.6) is 5.75 Å². The Labute approximate surface area is 143 Å². The molecule has 3 heteroatoms. The lowest BCUT2D eigenvalue weighted by molar-refractivity contribution is 0.148. The quantitative estimate of drug-likeness (QED) is 0.704. The number of aromatic hydroxyl groups is 1. The van der Waals surface area contributed by atoms with Gasteiger partial charge in [-0.2, -0.15) is 0 Å². The van der Waals surface area contributed by atoms with Crippen LogP contribution < -0.4 is 0 Å². The summed E-state index contributed by atoms with van der Waals surface area (Å²) in [5, 5.41) is 20.3. The van der Waals surface area contributed by atoms with E-state index in [-0.39, 0.29) is 17.8 Å². The van der Waals surface area contributed by atoms with Crippen molar-refractivity contribution in [1.29, 1.82) is 0 Å². The summed E-state index contributed by atoms with van der Waals surface area (Å²) in [7, 11) is 0. The molecule has 2 aromatic carbocycles. The van der Waals surface area contributed by atoms with Crippen LogP contribution in [-0.2, 0) is 0 Å². The van der Waals surface area contributed by atoms with Gasteiger partial charge < -0.3 is 10.2 Å². The average molecular weight is 333 g/mol. The average Bonchev–Trinajstić information content (AvgIpc) is 2.55. The Kier molecular flexibility index (Phi) is 6.49. The smallest absolute Gasteiger partial charge is 0.115 e. The van der Waals surface area contributed by atoms with E-state index in [0.29, 0.717) is 5.92 Å². The summed E-state index contributed by atoms with van der Waals surface area (Å²) in [5.74, 6) is 0.919. The summed E-state index contributed by atoms with van der Waals surface area (Å²) < 4.78 is 0. The van der Waals surface area contributed by atoms with Crippen molar-refractivity contribution >= 4 is 11.6 Å². The van der Waals surface area contributed by atoms with E-state index in [1.165, 1.54) is 11.1 Å². The Bertz CT molecular complexity index is 592. The molecule has 0 aromatic heterocycles. The summed E-state index contributed by atoms with van der Waals surface area (Å²) in [6.07, 6.45) is 2.17. The molecule has 0 spiro atoms. The second-order valence-electron chi connectivity index (χ2n) is 6.27. The van der Waals surface area contributed by atoms with Crippen molar-refractivity contribution in [3.63, 3.8) is 0 Å². The Morgan fingerprint density at radius 2 is 1.48 bits per heavy atom. The molecule has 3 unspecified atom stereocenters. The Hall–Kier alpha value is -1.51. The number of halogens is 1. The lowest BCUT2D eigenvalue weighted by Crippen LogP contribution is -2.13. The minimum Gasteiger partial charge on any atom is -0.508 e. The number of aliphatic hydroxyl groups excluding tert-OH is 1. The maximum atomic E-state index is 10.1. The molecule has 0 aliphatic carbocycles. The molecule has 0 saturated heterocycles. The zero-order valence-electron chi connectivity index (χ0n) is 13.7. The molecule has 0 bridgehead atoms. The fourth-order valence-electron chi connectivity index (χ4n) is 2.96. The molecular weight excluding hydrogens is 308 g/mol. The first-order valence-corrected chi connectivity index (χ1v) is 8.59. The lowest BCUT2D eigenvalue weighted by atomic mass is 9.82. The normalized spacial score (nSPS) is 15.1. The minimum absolute atomic E-state index is 0.283. The van der Waals surface area contributed by atoms with Crippen LogP contribution in [0.4, 0.5) is 0 Å². The molecule has 23 heavy (non-hydrogen) atoms. The largest absolute Gasteiger partial charge is 0.508 e. The SMILES string of the molecule is CCC(O)CC(CC(C)c1ccc(O)cc1)c1ccc(Cl)cc1. The second-order valence-corrected chi connectivity index (χ2v) is 6.71. The van der Waals surface area contributed by atoms with Gasteiger partial charge in [0.05, 0.1) is 6.10 Å². The first kappa shape index (κ1) is 17.8. The van der Waals surface area contributed by atoms with Crippen LogP contribution in [0.15, 0.2) is 48.5 Å². The molecule has 3 atom stereocenters. The van der Waals surface area contributed by atoms with E-state index in [2.05, 4.69) is 19.1 Å². The van der Waals surface area contributed by atoms with Crippen LogP contribution >= 0.6 is 11.6 Å². The van der Waals surface area contributed by atoms with Gasteiger partial charge in [-0.15, -0.1) is 0 Å². The predicted octanol–water partition coefficient (Wildman–Crippen LogP) is 5.48. The second kappa shape index (κ2) is 8.37. The van der Waals surface area contributed by atoms with Crippen LogP contribution in [0.25, 0.3) is 0 Å². The molecule has 124 valence electrons. The summed E-state index contributed by atoms with van der Waals surface area (Å²) in [6.45, 7) is 4.20. The zero-order chi connectivity index (χ0) is 16.8. The van der Waals surface area contributed by atoms with Gasteiger partial charge in [0, 0.05) is 5.02 Å². The highest BCUT2D eigenvalue weighted by molar-refractivity contribution is 6.30. The highest BCUT2D eigenvalue weighted by Gasteiger charge is 2.19. The topological polar surface area (TPSA) is 40.5 Å². The van der Waals surface area contributed by atoms with E-state index in [1.54, 1.807) is 12.1 Å². The van der Waals surface area contributed by atoms with Crippen LogP contribution in [0.2, 0.25) is 5.02 Å². The monoisotopic (exact) mass is 332 g/mol. The van der Waals surface area contributed by atoms with E-state index < -0.39 is 0 Å². The number of aliphatic hydroxyl groups is 1. The van der Waals surface area contributed by atoms with Gasteiger partial charge in [0.2, 0.25) is 0 Å². The fourth-order valence-corrected chi connectivity index (χ4v) is 3.09. The van der Waals surface area contributed by atoms with Gasteiger partial charge in [-0.3, -0.25) is 0 Å². The number of phenols is 1. The van der Waals surface area contributed by atoms with Gasteiger partial charge in [0.1, 0.15) is 5.75 Å². The third-order valence-electron chi connectivity index (χ3n) is 4.47. The van der Waals surface area contributed by atoms with Crippen molar-refractivity contribution in [2.75, 3.05) is 0 Å². The van der Waals surface area contributed by atoms with Gasteiger partial charge in [-0.1, -0.05) is 49.7 Å². The number of benzene rings is 2. The standard InChI is InChI=1S/C20H25ClO2/c1-3-19(22)13-17(16-4-8-18(21)9-5-16)12-14(2)15-6-10-20(23)11-7-15/h4-11,14,17,19,22-23H,3,12-13H2,1-2H3. The van der Waals surface area contributed by atoms with E-state index in [9.17, 15) is 10.2 Å². The van der Waals surface area contributed by atoms with E-state index in [4.69, 9.17) is 11.6 Å². The van der Waals surface area contributed by atoms with Gasteiger partial charge in [-0.05, 0) is 66.5 Å². The maximum Gasteiger partial charge on any atom is 0.115 e.